The Balaban J connectivity index is 2.15. The zero-order valence-electron chi connectivity index (χ0n) is 9.44. The van der Waals surface area contributed by atoms with Crippen LogP contribution in [0.5, 0.6) is 0 Å². The van der Waals surface area contributed by atoms with Crippen molar-refractivity contribution in [1.82, 2.24) is 9.97 Å². The van der Waals surface area contributed by atoms with E-state index in [9.17, 15) is 0 Å². The van der Waals surface area contributed by atoms with Crippen LogP contribution in [-0.4, -0.2) is 15.7 Å². The Labute approximate surface area is 95.9 Å². The molecule has 15 heavy (non-hydrogen) atoms. The van der Waals surface area contributed by atoms with E-state index in [1.165, 1.54) is 18.6 Å². The van der Waals surface area contributed by atoms with Crippen molar-refractivity contribution in [1.29, 1.82) is 0 Å². The molecule has 0 aliphatic heterocycles. The van der Waals surface area contributed by atoms with E-state index in [0.29, 0.717) is 5.82 Å². The van der Waals surface area contributed by atoms with Gasteiger partial charge in [-0.1, -0.05) is 20.3 Å². The average Bonchev–Trinajstić information content (AvgIpc) is 2.17. The first-order valence-electron chi connectivity index (χ1n) is 5.33. The summed E-state index contributed by atoms with van der Waals surface area (Å²) >= 11 is 1.88. The van der Waals surface area contributed by atoms with Gasteiger partial charge in [-0.3, -0.25) is 0 Å². The van der Waals surface area contributed by atoms with Crippen molar-refractivity contribution in [2.24, 2.45) is 5.92 Å². The van der Waals surface area contributed by atoms with Crippen LogP contribution in [0.15, 0.2) is 12.3 Å². The molecule has 1 aromatic heterocycles. The van der Waals surface area contributed by atoms with Crippen LogP contribution in [0.3, 0.4) is 0 Å². The summed E-state index contributed by atoms with van der Waals surface area (Å²) in [5.41, 5.74) is 5.57. The highest BCUT2D eigenvalue weighted by atomic mass is 32.2. The van der Waals surface area contributed by atoms with Gasteiger partial charge in [0.2, 0.25) is 0 Å². The normalized spacial score (nSPS) is 10.9. The molecule has 0 radical (unpaired) electrons. The maximum absolute atomic E-state index is 5.57. The van der Waals surface area contributed by atoms with Crippen LogP contribution >= 0.6 is 11.8 Å². The Hall–Kier alpha value is -0.770. The van der Waals surface area contributed by atoms with Crippen LogP contribution in [0.1, 0.15) is 32.5 Å². The molecule has 0 bridgehead atoms. The van der Waals surface area contributed by atoms with Gasteiger partial charge in [0.15, 0.2) is 0 Å². The van der Waals surface area contributed by atoms with Crippen LogP contribution < -0.4 is 5.73 Å². The number of nitrogen functional groups attached to an aromatic ring is 1. The highest BCUT2D eigenvalue weighted by Gasteiger charge is 1.98. The van der Waals surface area contributed by atoms with E-state index in [1.54, 1.807) is 12.3 Å². The van der Waals surface area contributed by atoms with Gasteiger partial charge in [-0.2, -0.15) is 11.8 Å². The Morgan fingerprint density at radius 3 is 2.93 bits per heavy atom. The van der Waals surface area contributed by atoms with Crippen molar-refractivity contribution >= 4 is 17.6 Å². The maximum Gasteiger partial charge on any atom is 0.140 e. The van der Waals surface area contributed by atoms with E-state index in [1.807, 2.05) is 11.8 Å². The third-order valence-electron chi connectivity index (χ3n) is 2.03. The van der Waals surface area contributed by atoms with E-state index in [4.69, 9.17) is 5.73 Å². The molecule has 1 heterocycles. The summed E-state index contributed by atoms with van der Waals surface area (Å²) < 4.78 is 0. The molecule has 0 aromatic carbocycles. The van der Waals surface area contributed by atoms with Gasteiger partial charge in [0.05, 0.1) is 5.75 Å². The lowest BCUT2D eigenvalue weighted by atomic mass is 10.1. The van der Waals surface area contributed by atoms with E-state index in [2.05, 4.69) is 23.8 Å². The lowest BCUT2D eigenvalue weighted by Gasteiger charge is -2.04. The lowest BCUT2D eigenvalue weighted by Crippen LogP contribution is -1.97. The number of aromatic nitrogens is 2. The monoisotopic (exact) mass is 225 g/mol. The summed E-state index contributed by atoms with van der Waals surface area (Å²) in [5.74, 6) is 4.24. The molecule has 0 spiro atoms. The van der Waals surface area contributed by atoms with Crippen LogP contribution in [0.25, 0.3) is 0 Å². The van der Waals surface area contributed by atoms with Crippen molar-refractivity contribution in [3.63, 3.8) is 0 Å². The van der Waals surface area contributed by atoms with E-state index >= 15 is 0 Å². The predicted molar refractivity (Wildman–Crippen MR) is 66.7 cm³/mol. The standard InChI is InChI=1S/C11H19N3S/c1-9(2)4-3-7-15-8-11-13-6-5-10(12)14-11/h5-6,9H,3-4,7-8H2,1-2H3,(H2,12,13,14). The van der Waals surface area contributed by atoms with E-state index in [0.717, 1.165) is 17.5 Å². The molecule has 84 valence electrons. The van der Waals surface area contributed by atoms with Gasteiger partial charge in [0.1, 0.15) is 11.6 Å². The van der Waals surface area contributed by atoms with Crippen molar-refractivity contribution in [3.8, 4) is 0 Å². The van der Waals surface area contributed by atoms with Crippen LogP contribution in [0.4, 0.5) is 5.82 Å². The first-order chi connectivity index (χ1) is 7.18. The van der Waals surface area contributed by atoms with Gasteiger partial charge >= 0.3 is 0 Å². The maximum atomic E-state index is 5.57. The quantitative estimate of drug-likeness (QED) is 0.756. The largest absolute Gasteiger partial charge is 0.384 e. The highest BCUT2D eigenvalue weighted by Crippen LogP contribution is 2.13. The van der Waals surface area contributed by atoms with Gasteiger partial charge in [0.25, 0.3) is 0 Å². The molecule has 2 N–H and O–H groups in total. The second kappa shape index (κ2) is 6.67. The van der Waals surface area contributed by atoms with E-state index < -0.39 is 0 Å². The molecular formula is C11H19N3S. The van der Waals surface area contributed by atoms with Gasteiger partial charge in [-0.15, -0.1) is 0 Å². The number of thioether (sulfide) groups is 1. The van der Waals surface area contributed by atoms with Crippen LogP contribution in [0.2, 0.25) is 0 Å². The summed E-state index contributed by atoms with van der Waals surface area (Å²) in [6.07, 6.45) is 4.28. The molecule has 0 unspecified atom stereocenters. The number of rotatable bonds is 6. The molecule has 4 heteroatoms. The summed E-state index contributed by atoms with van der Waals surface area (Å²) in [7, 11) is 0. The Morgan fingerprint density at radius 2 is 2.27 bits per heavy atom. The summed E-state index contributed by atoms with van der Waals surface area (Å²) in [5, 5.41) is 0. The minimum atomic E-state index is 0.558. The number of nitrogens with two attached hydrogens (primary N) is 1. The molecule has 3 nitrogen and oxygen atoms in total. The van der Waals surface area contributed by atoms with Crippen molar-refractivity contribution in [2.75, 3.05) is 11.5 Å². The fourth-order valence-electron chi connectivity index (χ4n) is 1.24. The Kier molecular flexibility index (Phi) is 5.47. The van der Waals surface area contributed by atoms with E-state index in [-0.39, 0.29) is 0 Å². The second-order valence-corrected chi connectivity index (χ2v) is 5.09. The van der Waals surface area contributed by atoms with Gasteiger partial charge in [-0.05, 0) is 24.2 Å². The Bertz CT molecular complexity index is 289. The Morgan fingerprint density at radius 1 is 1.47 bits per heavy atom. The first-order valence-corrected chi connectivity index (χ1v) is 6.49. The lowest BCUT2D eigenvalue weighted by molar-refractivity contribution is 0.579. The molecule has 0 atom stereocenters. The average molecular weight is 225 g/mol. The third kappa shape index (κ3) is 5.62. The molecule has 0 fully saturated rings. The smallest absolute Gasteiger partial charge is 0.140 e. The molecule has 0 aliphatic rings. The van der Waals surface area contributed by atoms with Gasteiger partial charge in [0, 0.05) is 6.20 Å². The van der Waals surface area contributed by atoms with Crippen molar-refractivity contribution in [2.45, 2.75) is 32.4 Å². The number of hydrogen-bond acceptors (Lipinski definition) is 4. The minimum absolute atomic E-state index is 0.558. The second-order valence-electron chi connectivity index (χ2n) is 3.99. The van der Waals surface area contributed by atoms with Crippen molar-refractivity contribution in [3.05, 3.63) is 18.1 Å². The third-order valence-corrected chi connectivity index (χ3v) is 3.07. The fourth-order valence-corrected chi connectivity index (χ4v) is 2.08. The zero-order valence-corrected chi connectivity index (χ0v) is 10.3. The van der Waals surface area contributed by atoms with Crippen LogP contribution in [-0.2, 0) is 5.75 Å². The number of anilines is 1. The predicted octanol–water partition coefficient (Wildman–Crippen LogP) is 2.73. The number of hydrogen-bond donors (Lipinski definition) is 1. The van der Waals surface area contributed by atoms with Gasteiger partial charge < -0.3 is 5.73 Å². The first kappa shape index (κ1) is 12.3. The topological polar surface area (TPSA) is 51.8 Å². The molecule has 0 saturated carbocycles. The SMILES string of the molecule is CC(C)CCCSCc1nccc(N)n1. The summed E-state index contributed by atoms with van der Waals surface area (Å²) in [4.78, 5) is 8.31. The highest BCUT2D eigenvalue weighted by molar-refractivity contribution is 7.98. The molecule has 1 rings (SSSR count). The zero-order chi connectivity index (χ0) is 11.1. The molecular weight excluding hydrogens is 206 g/mol. The molecule has 0 saturated heterocycles. The van der Waals surface area contributed by atoms with Crippen LogP contribution in [0, 0.1) is 5.92 Å². The fraction of sp³-hybridized carbons (Fsp3) is 0.636. The number of nitrogens with zero attached hydrogens (tertiary/aromatic N) is 2. The minimum Gasteiger partial charge on any atom is -0.384 e. The van der Waals surface area contributed by atoms with Gasteiger partial charge in [-0.25, -0.2) is 9.97 Å². The molecule has 0 aliphatic carbocycles. The molecule has 1 aromatic rings. The van der Waals surface area contributed by atoms with Crippen molar-refractivity contribution < 1.29 is 0 Å². The summed E-state index contributed by atoms with van der Waals surface area (Å²) in [6.45, 7) is 4.51. The summed E-state index contributed by atoms with van der Waals surface area (Å²) in [6, 6.07) is 1.72. The molecule has 0 amide bonds.